The molecule has 0 aliphatic carbocycles. The zero-order valence-electron chi connectivity index (χ0n) is 12.7. The second-order valence-corrected chi connectivity index (χ2v) is 5.26. The summed E-state index contributed by atoms with van der Waals surface area (Å²) in [5.41, 5.74) is 2.08. The Morgan fingerprint density at radius 3 is 1.92 bits per heavy atom. The predicted octanol–water partition coefficient (Wildman–Crippen LogP) is 4.91. The lowest BCUT2D eigenvalue weighted by atomic mass is 9.98. The van der Waals surface area contributed by atoms with E-state index in [1.165, 1.54) is 42.6 Å². The monoisotopic (exact) mass is 326 g/mol. The van der Waals surface area contributed by atoms with Crippen molar-refractivity contribution in [3.05, 3.63) is 82.0 Å². The van der Waals surface area contributed by atoms with Gasteiger partial charge in [0, 0.05) is 22.9 Å². The number of nitrogens with zero attached hydrogens (tertiary/aromatic N) is 2. The third-order valence-electron chi connectivity index (χ3n) is 3.76. The number of aromatic nitrogens is 1. The fourth-order valence-corrected chi connectivity index (χ4v) is 2.56. The molecule has 0 spiro atoms. The predicted molar refractivity (Wildman–Crippen MR) is 86.4 cm³/mol. The third kappa shape index (κ3) is 2.86. The maximum Gasteiger partial charge on any atom is 0.298 e. The molecule has 120 valence electrons. The molecule has 24 heavy (non-hydrogen) atoms. The average Bonchev–Trinajstić information content (AvgIpc) is 2.56. The minimum Gasteiger partial charge on any atom is -0.258 e. The van der Waals surface area contributed by atoms with Crippen LogP contribution in [-0.4, -0.2) is 9.91 Å². The molecule has 2 aromatic carbocycles. The normalized spacial score (nSPS) is 10.6. The van der Waals surface area contributed by atoms with Crippen LogP contribution in [0.2, 0.25) is 0 Å². The first-order chi connectivity index (χ1) is 11.5. The van der Waals surface area contributed by atoms with Gasteiger partial charge >= 0.3 is 0 Å². The van der Waals surface area contributed by atoms with Gasteiger partial charge in [-0.3, -0.25) is 10.1 Å². The summed E-state index contributed by atoms with van der Waals surface area (Å²) in [4.78, 5) is 15.2. The second kappa shape index (κ2) is 6.16. The van der Waals surface area contributed by atoms with Gasteiger partial charge in [0.2, 0.25) is 0 Å². The van der Waals surface area contributed by atoms with E-state index < -0.39 is 10.7 Å². The summed E-state index contributed by atoms with van der Waals surface area (Å²) in [7, 11) is 0. The standard InChI is InChI=1S/C18H12F2N2O2/c1-11-16(12-2-6-14(19)7-3-12)10-21-17(18(11)22(23)24)13-4-8-15(20)9-5-13/h2-10H,1H3. The molecule has 1 aromatic heterocycles. The summed E-state index contributed by atoms with van der Waals surface area (Å²) in [6.07, 6.45) is 1.51. The van der Waals surface area contributed by atoms with Crippen molar-refractivity contribution >= 4 is 5.69 Å². The van der Waals surface area contributed by atoms with Gasteiger partial charge in [-0.2, -0.15) is 0 Å². The van der Waals surface area contributed by atoms with Crippen molar-refractivity contribution < 1.29 is 13.7 Å². The molecule has 0 radical (unpaired) electrons. The molecule has 0 aliphatic rings. The van der Waals surface area contributed by atoms with Crippen LogP contribution in [0.15, 0.2) is 54.7 Å². The van der Waals surface area contributed by atoms with Crippen LogP contribution in [0.1, 0.15) is 5.56 Å². The van der Waals surface area contributed by atoms with E-state index in [4.69, 9.17) is 0 Å². The number of pyridine rings is 1. The number of nitro groups is 1. The van der Waals surface area contributed by atoms with E-state index in [0.717, 1.165) is 0 Å². The van der Waals surface area contributed by atoms with Gasteiger partial charge in [-0.25, -0.2) is 13.8 Å². The van der Waals surface area contributed by atoms with Crippen LogP contribution in [0.4, 0.5) is 14.5 Å². The van der Waals surface area contributed by atoms with Crippen LogP contribution >= 0.6 is 0 Å². The average molecular weight is 326 g/mol. The Labute approximate surface area is 136 Å². The van der Waals surface area contributed by atoms with E-state index in [1.807, 2.05) is 0 Å². The van der Waals surface area contributed by atoms with E-state index in [-0.39, 0.29) is 17.2 Å². The lowest BCUT2D eigenvalue weighted by Crippen LogP contribution is -2.00. The zero-order valence-corrected chi connectivity index (χ0v) is 12.7. The Morgan fingerprint density at radius 2 is 1.42 bits per heavy atom. The van der Waals surface area contributed by atoms with Crippen molar-refractivity contribution in [1.82, 2.24) is 4.98 Å². The fraction of sp³-hybridized carbons (Fsp3) is 0.0556. The molecule has 0 bridgehead atoms. The Morgan fingerprint density at radius 1 is 0.917 bits per heavy atom. The molecule has 3 aromatic rings. The summed E-state index contributed by atoms with van der Waals surface area (Å²) in [6.45, 7) is 1.62. The molecule has 3 rings (SSSR count). The topological polar surface area (TPSA) is 56.0 Å². The van der Waals surface area contributed by atoms with Crippen LogP contribution < -0.4 is 0 Å². The molecule has 0 atom stereocenters. The van der Waals surface area contributed by atoms with Gasteiger partial charge < -0.3 is 0 Å². The number of benzene rings is 2. The Kier molecular flexibility index (Phi) is 4.04. The number of hydrogen-bond donors (Lipinski definition) is 0. The lowest BCUT2D eigenvalue weighted by molar-refractivity contribution is -0.384. The van der Waals surface area contributed by atoms with E-state index in [2.05, 4.69) is 4.98 Å². The smallest absolute Gasteiger partial charge is 0.258 e. The molecule has 0 saturated carbocycles. The van der Waals surface area contributed by atoms with Gasteiger partial charge in [-0.1, -0.05) is 12.1 Å². The minimum atomic E-state index is -0.506. The van der Waals surface area contributed by atoms with Gasteiger partial charge in [0.15, 0.2) is 0 Å². The molecular weight excluding hydrogens is 314 g/mol. The van der Waals surface area contributed by atoms with Crippen molar-refractivity contribution in [2.24, 2.45) is 0 Å². The van der Waals surface area contributed by atoms with Crippen molar-refractivity contribution in [2.75, 3.05) is 0 Å². The summed E-state index contributed by atoms with van der Waals surface area (Å²) in [5, 5.41) is 11.6. The molecule has 0 amide bonds. The zero-order chi connectivity index (χ0) is 17.3. The number of rotatable bonds is 3. The van der Waals surface area contributed by atoms with Crippen molar-refractivity contribution in [3.8, 4) is 22.4 Å². The fourth-order valence-electron chi connectivity index (χ4n) is 2.56. The summed E-state index contributed by atoms with van der Waals surface area (Å²) >= 11 is 0. The summed E-state index contributed by atoms with van der Waals surface area (Å²) < 4.78 is 26.1. The highest BCUT2D eigenvalue weighted by molar-refractivity contribution is 5.79. The highest BCUT2D eigenvalue weighted by Gasteiger charge is 2.23. The third-order valence-corrected chi connectivity index (χ3v) is 3.76. The van der Waals surface area contributed by atoms with E-state index in [0.29, 0.717) is 22.3 Å². The SMILES string of the molecule is Cc1c(-c2ccc(F)cc2)cnc(-c2ccc(F)cc2)c1[N+](=O)[O-]. The van der Waals surface area contributed by atoms with E-state index >= 15 is 0 Å². The maximum absolute atomic E-state index is 13.1. The first kappa shape index (κ1) is 15.7. The highest BCUT2D eigenvalue weighted by Crippen LogP contribution is 2.36. The van der Waals surface area contributed by atoms with Crippen LogP contribution in [-0.2, 0) is 0 Å². The van der Waals surface area contributed by atoms with Gasteiger partial charge in [-0.05, 0) is 48.9 Å². The Bertz CT molecular complexity index is 908. The largest absolute Gasteiger partial charge is 0.298 e. The molecule has 6 heteroatoms. The first-order valence-corrected chi connectivity index (χ1v) is 7.13. The van der Waals surface area contributed by atoms with Crippen molar-refractivity contribution in [3.63, 3.8) is 0 Å². The van der Waals surface area contributed by atoms with Crippen LogP contribution in [0.5, 0.6) is 0 Å². The van der Waals surface area contributed by atoms with Crippen molar-refractivity contribution in [2.45, 2.75) is 6.92 Å². The summed E-state index contributed by atoms with van der Waals surface area (Å²) in [5.74, 6) is -0.817. The lowest BCUT2D eigenvalue weighted by Gasteiger charge is -2.10. The van der Waals surface area contributed by atoms with Crippen molar-refractivity contribution in [1.29, 1.82) is 0 Å². The minimum absolute atomic E-state index is 0.150. The first-order valence-electron chi connectivity index (χ1n) is 7.13. The quantitative estimate of drug-likeness (QED) is 0.507. The molecule has 4 nitrogen and oxygen atoms in total. The molecule has 0 N–H and O–H groups in total. The molecule has 0 aliphatic heterocycles. The molecule has 0 fully saturated rings. The van der Waals surface area contributed by atoms with Gasteiger partial charge in [0.25, 0.3) is 5.69 Å². The van der Waals surface area contributed by atoms with Crippen LogP contribution in [0.25, 0.3) is 22.4 Å². The van der Waals surface area contributed by atoms with Gasteiger partial charge in [-0.15, -0.1) is 0 Å². The number of hydrogen-bond acceptors (Lipinski definition) is 3. The second-order valence-electron chi connectivity index (χ2n) is 5.26. The Balaban J connectivity index is 2.19. The molecule has 1 heterocycles. The number of halogens is 2. The van der Waals surface area contributed by atoms with Crippen LogP contribution in [0, 0.1) is 28.7 Å². The molecule has 0 saturated heterocycles. The van der Waals surface area contributed by atoms with Gasteiger partial charge in [0.05, 0.1) is 4.92 Å². The van der Waals surface area contributed by atoms with Gasteiger partial charge in [0.1, 0.15) is 17.3 Å². The van der Waals surface area contributed by atoms with E-state index in [1.54, 1.807) is 19.1 Å². The van der Waals surface area contributed by atoms with E-state index in [9.17, 15) is 18.9 Å². The molecule has 0 unspecified atom stereocenters. The Hall–Kier alpha value is -3.15. The maximum atomic E-state index is 13.1. The summed E-state index contributed by atoms with van der Waals surface area (Å²) in [6, 6.07) is 11.0. The highest BCUT2D eigenvalue weighted by atomic mass is 19.1. The molecular formula is C18H12F2N2O2. The van der Waals surface area contributed by atoms with Crippen LogP contribution in [0.3, 0.4) is 0 Å².